The summed E-state index contributed by atoms with van der Waals surface area (Å²) in [6, 6.07) is 5.41. The first-order valence-corrected chi connectivity index (χ1v) is 5.92. The summed E-state index contributed by atoms with van der Waals surface area (Å²) in [5.41, 5.74) is 0.172. The second-order valence-electron chi connectivity index (χ2n) is 4.35. The van der Waals surface area contributed by atoms with Crippen molar-refractivity contribution in [3.05, 3.63) is 53.1 Å². The van der Waals surface area contributed by atoms with Crippen LogP contribution >= 0.6 is 0 Å². The van der Waals surface area contributed by atoms with Crippen LogP contribution in [0.5, 0.6) is 0 Å². The minimum atomic E-state index is -4.49. The zero-order valence-corrected chi connectivity index (χ0v) is 10.7. The Kier molecular flexibility index (Phi) is 4.08. The average Bonchev–Trinajstić information content (AvgIpc) is 2.82. The van der Waals surface area contributed by atoms with Gasteiger partial charge in [-0.25, -0.2) is 4.39 Å². The highest BCUT2D eigenvalue weighted by atomic mass is 19.4. The number of rotatable bonds is 4. The molecule has 0 bridgehead atoms. The normalized spacial score (nSPS) is 11.8. The highest BCUT2D eigenvalue weighted by Gasteiger charge is 2.33. The van der Waals surface area contributed by atoms with Crippen LogP contribution in [0.2, 0.25) is 0 Å². The molecule has 0 aliphatic rings. The highest BCUT2D eigenvalue weighted by Crippen LogP contribution is 2.27. The summed E-state index contributed by atoms with van der Waals surface area (Å²) in [4.78, 5) is 0. The van der Waals surface area contributed by atoms with E-state index in [0.29, 0.717) is 12.1 Å². The molecule has 108 valence electrons. The molecule has 0 saturated heterocycles. The fraction of sp³-hybridized carbons (Fsp3) is 0.308. The number of aromatic nitrogens is 2. The van der Waals surface area contributed by atoms with E-state index >= 15 is 0 Å². The van der Waals surface area contributed by atoms with E-state index in [-0.39, 0.29) is 6.54 Å². The molecule has 1 N–H and O–H groups in total. The first kappa shape index (κ1) is 14.5. The number of nitrogens with one attached hydrogen (secondary N) is 1. The smallest absolute Gasteiger partial charge is 0.316 e. The Morgan fingerprint density at radius 3 is 2.60 bits per heavy atom. The third kappa shape index (κ3) is 3.36. The van der Waals surface area contributed by atoms with Gasteiger partial charge in [-0.1, -0.05) is 6.07 Å². The first-order chi connectivity index (χ1) is 9.40. The first-order valence-electron chi connectivity index (χ1n) is 5.92. The molecule has 0 fully saturated rings. The van der Waals surface area contributed by atoms with Crippen molar-refractivity contribution < 1.29 is 17.6 Å². The van der Waals surface area contributed by atoms with E-state index in [0.717, 1.165) is 16.3 Å². The lowest BCUT2D eigenvalue weighted by Crippen LogP contribution is -2.10. The molecule has 2 aromatic rings. The molecule has 1 aromatic heterocycles. The Balaban J connectivity index is 2.21. The molecule has 0 amide bonds. The third-order valence-electron chi connectivity index (χ3n) is 2.75. The molecule has 20 heavy (non-hydrogen) atoms. The molecule has 0 aliphatic carbocycles. The van der Waals surface area contributed by atoms with Crippen molar-refractivity contribution in [2.24, 2.45) is 0 Å². The Bertz CT molecular complexity index is 590. The number of hydrogen-bond acceptors (Lipinski definition) is 2. The number of nitrogens with zero attached hydrogens (tertiary/aromatic N) is 2. The molecule has 2 rings (SSSR count). The van der Waals surface area contributed by atoms with Crippen LogP contribution in [-0.4, -0.2) is 16.8 Å². The van der Waals surface area contributed by atoms with Crippen molar-refractivity contribution in [2.75, 3.05) is 7.05 Å². The molecule has 0 aliphatic heterocycles. The lowest BCUT2D eigenvalue weighted by atomic mass is 10.1. The maximum absolute atomic E-state index is 13.7. The Morgan fingerprint density at radius 1 is 1.25 bits per heavy atom. The summed E-state index contributed by atoms with van der Waals surface area (Å²) in [5.74, 6) is -0.464. The molecule has 0 atom stereocenters. The number of benzene rings is 1. The predicted octanol–water partition coefficient (Wildman–Crippen LogP) is 2.81. The second kappa shape index (κ2) is 5.62. The summed E-state index contributed by atoms with van der Waals surface area (Å²) in [6.07, 6.45) is -3.30. The van der Waals surface area contributed by atoms with Crippen molar-refractivity contribution in [2.45, 2.75) is 19.3 Å². The molecule has 0 radical (unpaired) electrons. The van der Waals surface area contributed by atoms with Gasteiger partial charge in [-0.05, 0) is 30.8 Å². The molecule has 7 heteroatoms. The van der Waals surface area contributed by atoms with E-state index < -0.39 is 17.7 Å². The second-order valence-corrected chi connectivity index (χ2v) is 4.35. The topological polar surface area (TPSA) is 29.9 Å². The van der Waals surface area contributed by atoms with Gasteiger partial charge >= 0.3 is 6.18 Å². The van der Waals surface area contributed by atoms with Crippen molar-refractivity contribution in [3.63, 3.8) is 0 Å². The van der Waals surface area contributed by atoms with Crippen molar-refractivity contribution in [3.8, 4) is 0 Å². The molecule has 0 spiro atoms. The van der Waals surface area contributed by atoms with Crippen molar-refractivity contribution >= 4 is 0 Å². The van der Waals surface area contributed by atoms with Crippen molar-refractivity contribution in [1.29, 1.82) is 0 Å². The van der Waals surface area contributed by atoms with Crippen LogP contribution in [0.1, 0.15) is 16.8 Å². The summed E-state index contributed by atoms with van der Waals surface area (Å²) in [5, 5.41) is 6.33. The Hall–Kier alpha value is -1.89. The molecule has 0 unspecified atom stereocenters. The average molecular weight is 287 g/mol. The molecule has 1 aromatic carbocycles. The van der Waals surface area contributed by atoms with Gasteiger partial charge < -0.3 is 5.32 Å². The summed E-state index contributed by atoms with van der Waals surface area (Å²) in [7, 11) is 1.76. The van der Waals surface area contributed by atoms with Gasteiger partial charge in [-0.3, -0.25) is 4.68 Å². The van der Waals surface area contributed by atoms with Gasteiger partial charge in [0.25, 0.3) is 0 Å². The zero-order chi connectivity index (χ0) is 14.8. The van der Waals surface area contributed by atoms with Gasteiger partial charge in [0.2, 0.25) is 0 Å². The van der Waals surface area contributed by atoms with Crippen LogP contribution in [0.25, 0.3) is 0 Å². The van der Waals surface area contributed by atoms with E-state index in [1.165, 1.54) is 12.3 Å². The van der Waals surface area contributed by atoms with Gasteiger partial charge in [0.1, 0.15) is 5.82 Å². The molecular formula is C13H13F4N3. The van der Waals surface area contributed by atoms with Gasteiger partial charge in [0.15, 0.2) is 5.69 Å². The van der Waals surface area contributed by atoms with Gasteiger partial charge in [0.05, 0.1) is 6.54 Å². The van der Waals surface area contributed by atoms with Crippen LogP contribution in [0.3, 0.4) is 0 Å². The fourth-order valence-corrected chi connectivity index (χ4v) is 1.84. The lowest BCUT2D eigenvalue weighted by Gasteiger charge is -2.07. The Labute approximate surface area is 113 Å². The van der Waals surface area contributed by atoms with Crippen LogP contribution in [0.4, 0.5) is 17.6 Å². The van der Waals surface area contributed by atoms with E-state index in [1.54, 1.807) is 19.2 Å². The third-order valence-corrected chi connectivity index (χ3v) is 2.75. The standard InChI is InChI=1S/C13H13F4N3/c1-18-7-9-2-3-11(14)10(6-9)8-20-5-4-12(19-20)13(15,16)17/h2-6,18H,7-8H2,1H3. The monoisotopic (exact) mass is 287 g/mol. The molecular weight excluding hydrogens is 274 g/mol. The van der Waals surface area contributed by atoms with Crippen molar-refractivity contribution in [1.82, 2.24) is 15.1 Å². The molecule has 3 nitrogen and oxygen atoms in total. The van der Waals surface area contributed by atoms with E-state index in [2.05, 4.69) is 10.4 Å². The quantitative estimate of drug-likeness (QED) is 0.876. The van der Waals surface area contributed by atoms with Gasteiger partial charge in [-0.15, -0.1) is 0 Å². The predicted molar refractivity (Wildman–Crippen MR) is 65.5 cm³/mol. The van der Waals surface area contributed by atoms with Crippen LogP contribution in [0, 0.1) is 5.82 Å². The largest absolute Gasteiger partial charge is 0.435 e. The minimum Gasteiger partial charge on any atom is -0.316 e. The fourth-order valence-electron chi connectivity index (χ4n) is 1.84. The van der Waals surface area contributed by atoms with Crippen LogP contribution in [0.15, 0.2) is 30.5 Å². The Morgan fingerprint density at radius 2 is 2.00 bits per heavy atom. The lowest BCUT2D eigenvalue weighted by molar-refractivity contribution is -0.141. The summed E-state index contributed by atoms with van der Waals surface area (Å²) in [6.45, 7) is 0.514. The maximum atomic E-state index is 13.7. The number of hydrogen-bond donors (Lipinski definition) is 1. The van der Waals surface area contributed by atoms with E-state index in [1.807, 2.05) is 0 Å². The maximum Gasteiger partial charge on any atom is 0.435 e. The van der Waals surface area contributed by atoms with Gasteiger partial charge in [0, 0.05) is 18.3 Å². The number of alkyl halides is 3. The molecule has 1 heterocycles. The zero-order valence-electron chi connectivity index (χ0n) is 10.7. The van der Waals surface area contributed by atoms with Gasteiger partial charge in [-0.2, -0.15) is 18.3 Å². The number of halogens is 4. The molecule has 0 saturated carbocycles. The van der Waals surface area contributed by atoms with E-state index in [9.17, 15) is 17.6 Å². The van der Waals surface area contributed by atoms with E-state index in [4.69, 9.17) is 0 Å². The minimum absolute atomic E-state index is 0.0422. The van der Waals surface area contributed by atoms with Crippen LogP contribution in [-0.2, 0) is 19.3 Å². The highest BCUT2D eigenvalue weighted by molar-refractivity contribution is 5.25. The van der Waals surface area contributed by atoms with Crippen LogP contribution < -0.4 is 5.32 Å². The summed E-state index contributed by atoms with van der Waals surface area (Å²) < 4.78 is 52.0. The SMILES string of the molecule is CNCc1ccc(F)c(Cn2ccc(C(F)(F)F)n2)c1. The summed E-state index contributed by atoms with van der Waals surface area (Å²) >= 11 is 0.